The van der Waals surface area contributed by atoms with Crippen LogP contribution >= 0.6 is 0 Å². The van der Waals surface area contributed by atoms with E-state index in [-0.39, 0.29) is 5.56 Å². The van der Waals surface area contributed by atoms with Crippen LogP contribution in [0.1, 0.15) is 29.2 Å². The molecular weight excluding hydrogens is 260 g/mol. The van der Waals surface area contributed by atoms with Crippen molar-refractivity contribution in [1.29, 1.82) is 0 Å². The van der Waals surface area contributed by atoms with Crippen LogP contribution in [-0.2, 0) is 4.74 Å². The fourth-order valence-electron chi connectivity index (χ4n) is 2.19. The SMILES string of the molecule is O=C(O)c1ccc(-c2cn(C3CCOCC3)nn2)nc1. The molecule has 1 aliphatic rings. The zero-order chi connectivity index (χ0) is 13.9. The average molecular weight is 274 g/mol. The van der Waals surface area contributed by atoms with Crippen molar-refractivity contribution in [2.24, 2.45) is 0 Å². The molecule has 1 N–H and O–H groups in total. The lowest BCUT2D eigenvalue weighted by atomic mass is 10.1. The lowest BCUT2D eigenvalue weighted by Gasteiger charge is -2.21. The summed E-state index contributed by atoms with van der Waals surface area (Å²) < 4.78 is 7.16. The van der Waals surface area contributed by atoms with Gasteiger partial charge in [-0.1, -0.05) is 5.21 Å². The smallest absolute Gasteiger partial charge is 0.337 e. The number of carboxylic acid groups (broad SMARTS) is 1. The summed E-state index contributed by atoms with van der Waals surface area (Å²) in [4.78, 5) is 14.9. The molecule has 0 saturated carbocycles. The van der Waals surface area contributed by atoms with E-state index in [1.165, 1.54) is 12.3 Å². The zero-order valence-corrected chi connectivity index (χ0v) is 10.8. The Hall–Kier alpha value is -2.28. The van der Waals surface area contributed by atoms with Gasteiger partial charge in [-0.2, -0.15) is 0 Å². The highest BCUT2D eigenvalue weighted by Crippen LogP contribution is 2.22. The van der Waals surface area contributed by atoms with E-state index in [2.05, 4.69) is 15.3 Å². The van der Waals surface area contributed by atoms with E-state index >= 15 is 0 Å². The Morgan fingerprint density at radius 1 is 1.30 bits per heavy atom. The summed E-state index contributed by atoms with van der Waals surface area (Å²) in [6.07, 6.45) is 5.02. The Kier molecular flexibility index (Phi) is 3.42. The molecule has 20 heavy (non-hydrogen) atoms. The summed E-state index contributed by atoms with van der Waals surface area (Å²) in [5, 5.41) is 17.1. The number of aromatic nitrogens is 4. The van der Waals surface area contributed by atoms with E-state index < -0.39 is 5.97 Å². The minimum Gasteiger partial charge on any atom is -0.478 e. The first kappa shape index (κ1) is 12.7. The standard InChI is InChI=1S/C13H14N4O3/c18-13(19)9-1-2-11(14-7-9)12-8-17(16-15-12)10-3-5-20-6-4-10/h1-2,7-8,10H,3-6H2,(H,18,19). The van der Waals surface area contributed by atoms with Crippen LogP contribution in [0.15, 0.2) is 24.5 Å². The lowest BCUT2D eigenvalue weighted by Crippen LogP contribution is -2.19. The molecule has 0 atom stereocenters. The van der Waals surface area contributed by atoms with Gasteiger partial charge in [0.2, 0.25) is 0 Å². The van der Waals surface area contributed by atoms with Crippen molar-refractivity contribution in [2.45, 2.75) is 18.9 Å². The number of hydrogen-bond donors (Lipinski definition) is 1. The molecule has 2 aromatic heterocycles. The number of carbonyl (C=O) groups is 1. The molecule has 7 nitrogen and oxygen atoms in total. The molecule has 0 radical (unpaired) electrons. The fourth-order valence-corrected chi connectivity index (χ4v) is 2.19. The quantitative estimate of drug-likeness (QED) is 0.909. The predicted molar refractivity (Wildman–Crippen MR) is 69.3 cm³/mol. The number of ether oxygens (including phenoxy) is 1. The number of nitrogens with zero attached hydrogens (tertiary/aromatic N) is 4. The van der Waals surface area contributed by atoms with Crippen LogP contribution in [0.25, 0.3) is 11.4 Å². The highest BCUT2D eigenvalue weighted by molar-refractivity contribution is 5.87. The molecule has 1 fully saturated rings. The Morgan fingerprint density at radius 3 is 2.75 bits per heavy atom. The molecule has 1 aliphatic heterocycles. The summed E-state index contributed by atoms with van der Waals surface area (Å²) in [5.41, 5.74) is 1.42. The van der Waals surface area contributed by atoms with Gasteiger partial charge in [0.05, 0.1) is 23.5 Å². The number of aromatic carboxylic acids is 1. The normalized spacial score (nSPS) is 16.2. The van der Waals surface area contributed by atoms with E-state index in [1.54, 1.807) is 6.07 Å². The largest absolute Gasteiger partial charge is 0.478 e. The molecule has 1 saturated heterocycles. The van der Waals surface area contributed by atoms with Gasteiger partial charge in [0.25, 0.3) is 0 Å². The highest BCUT2D eigenvalue weighted by atomic mass is 16.5. The van der Waals surface area contributed by atoms with Gasteiger partial charge >= 0.3 is 5.97 Å². The van der Waals surface area contributed by atoms with Crippen LogP contribution in [0.5, 0.6) is 0 Å². The molecule has 0 unspecified atom stereocenters. The minimum absolute atomic E-state index is 0.158. The first-order chi connectivity index (χ1) is 9.74. The third-order valence-corrected chi connectivity index (χ3v) is 3.35. The van der Waals surface area contributed by atoms with Crippen molar-refractivity contribution < 1.29 is 14.6 Å². The summed E-state index contributed by atoms with van der Waals surface area (Å²) in [5.74, 6) is -0.991. The summed E-state index contributed by atoms with van der Waals surface area (Å²) >= 11 is 0. The Balaban J connectivity index is 1.80. The van der Waals surface area contributed by atoms with E-state index in [0.717, 1.165) is 26.1 Å². The van der Waals surface area contributed by atoms with E-state index in [4.69, 9.17) is 9.84 Å². The Bertz CT molecular complexity index is 602. The molecule has 0 bridgehead atoms. The number of rotatable bonds is 3. The van der Waals surface area contributed by atoms with Crippen LogP contribution in [-0.4, -0.2) is 44.3 Å². The minimum atomic E-state index is -0.991. The van der Waals surface area contributed by atoms with Crippen LogP contribution in [0, 0.1) is 0 Å². The molecule has 0 aliphatic carbocycles. The summed E-state index contributed by atoms with van der Waals surface area (Å²) in [6, 6.07) is 3.46. The van der Waals surface area contributed by atoms with Gasteiger partial charge in [-0.3, -0.25) is 4.98 Å². The van der Waals surface area contributed by atoms with Crippen molar-refractivity contribution in [3.63, 3.8) is 0 Å². The van der Waals surface area contributed by atoms with Gasteiger partial charge in [-0.15, -0.1) is 5.10 Å². The van der Waals surface area contributed by atoms with Gasteiger partial charge in [-0.05, 0) is 25.0 Å². The fraction of sp³-hybridized carbons (Fsp3) is 0.385. The molecule has 0 aromatic carbocycles. The maximum atomic E-state index is 10.8. The zero-order valence-electron chi connectivity index (χ0n) is 10.8. The van der Waals surface area contributed by atoms with Crippen LogP contribution in [0.3, 0.4) is 0 Å². The first-order valence-electron chi connectivity index (χ1n) is 6.43. The topological polar surface area (TPSA) is 90.1 Å². The van der Waals surface area contributed by atoms with Gasteiger partial charge in [0.15, 0.2) is 0 Å². The number of hydrogen-bond acceptors (Lipinski definition) is 5. The maximum absolute atomic E-state index is 10.8. The van der Waals surface area contributed by atoms with E-state index in [0.29, 0.717) is 17.4 Å². The molecule has 3 rings (SSSR count). The second-order valence-corrected chi connectivity index (χ2v) is 4.66. The highest BCUT2D eigenvalue weighted by Gasteiger charge is 2.17. The third kappa shape index (κ3) is 2.53. The number of carboxylic acids is 1. The van der Waals surface area contributed by atoms with Gasteiger partial charge < -0.3 is 9.84 Å². The van der Waals surface area contributed by atoms with E-state index in [1.807, 2.05) is 10.9 Å². The van der Waals surface area contributed by atoms with Crippen molar-refractivity contribution >= 4 is 5.97 Å². The van der Waals surface area contributed by atoms with Gasteiger partial charge in [0, 0.05) is 19.4 Å². The van der Waals surface area contributed by atoms with Gasteiger partial charge in [0.1, 0.15) is 5.69 Å². The van der Waals surface area contributed by atoms with Crippen LogP contribution < -0.4 is 0 Å². The van der Waals surface area contributed by atoms with Gasteiger partial charge in [-0.25, -0.2) is 9.48 Å². The molecule has 3 heterocycles. The van der Waals surface area contributed by atoms with Crippen molar-refractivity contribution in [1.82, 2.24) is 20.0 Å². The van der Waals surface area contributed by atoms with E-state index in [9.17, 15) is 4.79 Å². The second-order valence-electron chi connectivity index (χ2n) is 4.66. The van der Waals surface area contributed by atoms with Crippen molar-refractivity contribution in [3.8, 4) is 11.4 Å². The Morgan fingerprint density at radius 2 is 2.10 bits per heavy atom. The summed E-state index contributed by atoms with van der Waals surface area (Å²) in [6.45, 7) is 1.48. The monoisotopic (exact) mass is 274 g/mol. The lowest BCUT2D eigenvalue weighted by molar-refractivity contribution is 0.0657. The average Bonchev–Trinajstić information content (AvgIpc) is 2.98. The first-order valence-corrected chi connectivity index (χ1v) is 6.43. The van der Waals surface area contributed by atoms with Crippen LogP contribution in [0.2, 0.25) is 0 Å². The molecule has 7 heteroatoms. The molecular formula is C13H14N4O3. The Labute approximate surface area is 115 Å². The number of pyridine rings is 1. The van der Waals surface area contributed by atoms with Crippen LogP contribution in [0.4, 0.5) is 0 Å². The third-order valence-electron chi connectivity index (χ3n) is 3.35. The van der Waals surface area contributed by atoms with Crippen molar-refractivity contribution in [2.75, 3.05) is 13.2 Å². The maximum Gasteiger partial charge on any atom is 0.337 e. The molecule has 0 amide bonds. The molecule has 0 spiro atoms. The molecule has 104 valence electrons. The molecule has 2 aromatic rings. The second kappa shape index (κ2) is 5.38. The van der Waals surface area contributed by atoms with Crippen molar-refractivity contribution in [3.05, 3.63) is 30.1 Å². The predicted octanol–water partition coefficient (Wildman–Crippen LogP) is 1.39. The summed E-state index contributed by atoms with van der Waals surface area (Å²) in [7, 11) is 0.